The molecule has 2 heterocycles. The molecule has 0 aromatic carbocycles. The lowest BCUT2D eigenvalue weighted by atomic mass is 10.1. The molecule has 0 spiro atoms. The number of hydrogen-bond donors (Lipinski definition) is 1. The Labute approximate surface area is 95.6 Å². The highest BCUT2D eigenvalue weighted by molar-refractivity contribution is 7.12. The van der Waals surface area contributed by atoms with Gasteiger partial charge in [0.1, 0.15) is 0 Å². The van der Waals surface area contributed by atoms with Crippen LogP contribution in [-0.4, -0.2) is 19.3 Å². The quantitative estimate of drug-likeness (QED) is 0.854. The summed E-state index contributed by atoms with van der Waals surface area (Å²) in [5, 5.41) is 3.57. The maximum Gasteiger partial charge on any atom is 0.0619 e. The minimum Gasteiger partial charge on any atom is -0.380 e. The van der Waals surface area contributed by atoms with E-state index in [1.165, 1.54) is 28.2 Å². The average Bonchev–Trinajstić information content (AvgIpc) is 2.56. The van der Waals surface area contributed by atoms with E-state index < -0.39 is 0 Å². The van der Waals surface area contributed by atoms with Gasteiger partial charge in [0.15, 0.2) is 0 Å². The van der Waals surface area contributed by atoms with Crippen LogP contribution in [0.2, 0.25) is 0 Å². The minimum absolute atomic E-state index is 0.554. The third-order valence-electron chi connectivity index (χ3n) is 2.89. The molecule has 15 heavy (non-hydrogen) atoms. The Balaban J connectivity index is 1.84. The zero-order chi connectivity index (χ0) is 10.7. The molecule has 2 nitrogen and oxygen atoms in total. The molecule has 1 N–H and O–H groups in total. The van der Waals surface area contributed by atoms with Gasteiger partial charge in [-0.25, -0.2) is 0 Å². The van der Waals surface area contributed by atoms with Crippen LogP contribution in [0.15, 0.2) is 6.07 Å². The summed E-state index contributed by atoms with van der Waals surface area (Å²) in [6, 6.07) is 2.84. The van der Waals surface area contributed by atoms with Crippen molar-refractivity contribution in [3.8, 4) is 0 Å². The van der Waals surface area contributed by atoms with E-state index in [4.69, 9.17) is 4.74 Å². The number of aryl methyl sites for hydroxylation is 2. The molecule has 84 valence electrons. The molecular weight excluding hydrogens is 206 g/mol. The number of hydrogen-bond acceptors (Lipinski definition) is 3. The Morgan fingerprint density at radius 1 is 1.53 bits per heavy atom. The highest BCUT2D eigenvalue weighted by atomic mass is 32.1. The van der Waals surface area contributed by atoms with Crippen LogP contribution in [0.4, 0.5) is 0 Å². The van der Waals surface area contributed by atoms with Gasteiger partial charge in [-0.1, -0.05) is 0 Å². The predicted octanol–water partition coefficient (Wildman–Crippen LogP) is 2.63. The van der Waals surface area contributed by atoms with Crippen molar-refractivity contribution in [3.63, 3.8) is 0 Å². The number of nitrogens with one attached hydrogen (secondary N) is 1. The maximum absolute atomic E-state index is 5.45. The third-order valence-corrected chi connectivity index (χ3v) is 3.89. The minimum atomic E-state index is 0.554. The van der Waals surface area contributed by atoms with Crippen molar-refractivity contribution >= 4 is 11.3 Å². The number of thiophene rings is 1. The van der Waals surface area contributed by atoms with Gasteiger partial charge in [0.25, 0.3) is 0 Å². The second-order valence-electron chi connectivity index (χ2n) is 4.23. The lowest BCUT2D eigenvalue weighted by molar-refractivity contribution is 0.0699. The molecule has 1 aliphatic heterocycles. The Morgan fingerprint density at radius 3 is 3.00 bits per heavy atom. The van der Waals surface area contributed by atoms with Crippen molar-refractivity contribution in [3.05, 3.63) is 21.4 Å². The first kappa shape index (κ1) is 11.1. The highest BCUT2D eigenvalue weighted by Crippen LogP contribution is 2.20. The summed E-state index contributed by atoms with van der Waals surface area (Å²) in [5.74, 6) is 0. The van der Waals surface area contributed by atoms with E-state index in [2.05, 4.69) is 25.2 Å². The van der Waals surface area contributed by atoms with Crippen LogP contribution in [0, 0.1) is 13.8 Å². The fraction of sp³-hybridized carbons (Fsp3) is 0.667. The van der Waals surface area contributed by atoms with Crippen LogP contribution in [-0.2, 0) is 11.3 Å². The van der Waals surface area contributed by atoms with Crippen LogP contribution in [0.5, 0.6) is 0 Å². The van der Waals surface area contributed by atoms with Crippen molar-refractivity contribution in [2.45, 2.75) is 39.3 Å². The molecule has 0 amide bonds. The Bertz CT molecular complexity index is 315. The lowest BCUT2D eigenvalue weighted by Gasteiger charge is -2.23. The van der Waals surface area contributed by atoms with Gasteiger partial charge in [0, 0.05) is 28.9 Å². The van der Waals surface area contributed by atoms with Crippen molar-refractivity contribution < 1.29 is 4.74 Å². The first-order valence-electron chi connectivity index (χ1n) is 5.63. The number of ether oxygens (including phenoxy) is 1. The van der Waals surface area contributed by atoms with Crippen LogP contribution in [0.1, 0.15) is 28.2 Å². The van der Waals surface area contributed by atoms with E-state index >= 15 is 0 Å². The van der Waals surface area contributed by atoms with Gasteiger partial charge >= 0.3 is 0 Å². The second-order valence-corrected chi connectivity index (χ2v) is 5.69. The summed E-state index contributed by atoms with van der Waals surface area (Å²) in [6.45, 7) is 7.18. The summed E-state index contributed by atoms with van der Waals surface area (Å²) in [6.07, 6.45) is 2.45. The van der Waals surface area contributed by atoms with Gasteiger partial charge in [-0.05, 0) is 38.3 Å². The van der Waals surface area contributed by atoms with Gasteiger partial charge in [-0.2, -0.15) is 0 Å². The largest absolute Gasteiger partial charge is 0.380 e. The van der Waals surface area contributed by atoms with E-state index in [1.54, 1.807) is 0 Å². The average molecular weight is 225 g/mol. The summed E-state index contributed by atoms with van der Waals surface area (Å²) in [4.78, 5) is 2.85. The smallest absolute Gasteiger partial charge is 0.0619 e. The van der Waals surface area contributed by atoms with E-state index in [1.807, 2.05) is 11.3 Å². The van der Waals surface area contributed by atoms with Crippen molar-refractivity contribution in [1.29, 1.82) is 0 Å². The monoisotopic (exact) mass is 225 g/mol. The summed E-state index contributed by atoms with van der Waals surface area (Å²) >= 11 is 1.88. The topological polar surface area (TPSA) is 21.3 Å². The molecule has 1 aromatic rings. The second kappa shape index (κ2) is 5.10. The van der Waals surface area contributed by atoms with Crippen LogP contribution in [0.25, 0.3) is 0 Å². The Hall–Kier alpha value is -0.380. The van der Waals surface area contributed by atoms with E-state index in [-0.39, 0.29) is 0 Å². The summed E-state index contributed by atoms with van der Waals surface area (Å²) < 4.78 is 5.45. The predicted molar refractivity (Wildman–Crippen MR) is 64.5 cm³/mol. The molecular formula is C12H19NOS. The van der Waals surface area contributed by atoms with Gasteiger partial charge in [-0.15, -0.1) is 11.3 Å². The molecule has 1 aromatic heterocycles. The van der Waals surface area contributed by atoms with Gasteiger partial charge in [0.2, 0.25) is 0 Å². The SMILES string of the molecule is Cc1cc(CNC2CCCOC2)c(C)s1. The molecule has 0 bridgehead atoms. The standard InChI is InChI=1S/C12H19NOS/c1-9-6-11(10(2)15-9)7-13-12-4-3-5-14-8-12/h6,12-13H,3-5,7-8H2,1-2H3. The van der Waals surface area contributed by atoms with E-state index in [0.717, 1.165) is 19.8 Å². The zero-order valence-corrected chi connectivity index (χ0v) is 10.3. The fourth-order valence-electron chi connectivity index (χ4n) is 2.01. The van der Waals surface area contributed by atoms with Gasteiger partial charge in [-0.3, -0.25) is 0 Å². The maximum atomic E-state index is 5.45. The van der Waals surface area contributed by atoms with E-state index in [0.29, 0.717) is 6.04 Å². The molecule has 1 atom stereocenters. The normalized spacial score (nSPS) is 21.9. The van der Waals surface area contributed by atoms with Crippen LogP contribution in [0.3, 0.4) is 0 Å². The molecule has 0 radical (unpaired) electrons. The van der Waals surface area contributed by atoms with Crippen molar-refractivity contribution in [2.75, 3.05) is 13.2 Å². The van der Waals surface area contributed by atoms with E-state index in [9.17, 15) is 0 Å². The van der Waals surface area contributed by atoms with Crippen molar-refractivity contribution in [1.82, 2.24) is 5.32 Å². The molecule has 1 saturated heterocycles. The third kappa shape index (κ3) is 3.03. The van der Waals surface area contributed by atoms with Crippen molar-refractivity contribution in [2.24, 2.45) is 0 Å². The van der Waals surface area contributed by atoms with Crippen LogP contribution < -0.4 is 5.32 Å². The fourth-order valence-corrected chi connectivity index (χ4v) is 2.96. The molecule has 1 aliphatic rings. The van der Waals surface area contributed by atoms with Gasteiger partial charge in [0.05, 0.1) is 6.61 Å². The summed E-state index contributed by atoms with van der Waals surface area (Å²) in [5.41, 5.74) is 1.45. The molecule has 1 fully saturated rings. The van der Waals surface area contributed by atoms with Crippen LogP contribution >= 0.6 is 11.3 Å². The summed E-state index contributed by atoms with van der Waals surface area (Å²) in [7, 11) is 0. The first-order valence-corrected chi connectivity index (χ1v) is 6.44. The molecule has 0 aliphatic carbocycles. The molecule has 1 unspecified atom stereocenters. The number of rotatable bonds is 3. The highest BCUT2D eigenvalue weighted by Gasteiger charge is 2.13. The zero-order valence-electron chi connectivity index (χ0n) is 9.51. The first-order chi connectivity index (χ1) is 7.25. The molecule has 0 saturated carbocycles. The Morgan fingerprint density at radius 2 is 2.40 bits per heavy atom. The molecule has 2 rings (SSSR count). The Kier molecular flexibility index (Phi) is 3.78. The lowest BCUT2D eigenvalue weighted by Crippen LogP contribution is -2.36. The van der Waals surface area contributed by atoms with Gasteiger partial charge < -0.3 is 10.1 Å². The molecule has 3 heteroatoms.